The first-order valence-electron chi connectivity index (χ1n) is 16.3. The molecule has 4 aliphatic rings. The molecule has 1 aromatic rings. The van der Waals surface area contributed by atoms with Crippen LogP contribution >= 0.6 is 0 Å². The molecule has 0 spiro atoms. The van der Waals surface area contributed by atoms with Crippen LogP contribution in [0.3, 0.4) is 0 Å². The molecule has 0 heterocycles. The van der Waals surface area contributed by atoms with Crippen molar-refractivity contribution >= 4 is 16.1 Å². The lowest BCUT2D eigenvalue weighted by Gasteiger charge is -2.64. The molecule has 0 aromatic heterocycles. The number of carbonyl (C=O) groups is 1. The van der Waals surface area contributed by atoms with E-state index in [4.69, 9.17) is 4.74 Å². The minimum absolute atomic E-state index is 0.0180. The van der Waals surface area contributed by atoms with Gasteiger partial charge in [-0.1, -0.05) is 46.2 Å². The van der Waals surface area contributed by atoms with Crippen molar-refractivity contribution in [2.45, 2.75) is 109 Å². The molecule has 11 heteroatoms. The first kappa shape index (κ1) is 33.5. The summed E-state index contributed by atoms with van der Waals surface area (Å²) in [5.74, 6) is 2.05. The van der Waals surface area contributed by atoms with E-state index in [9.17, 15) is 36.6 Å². The summed E-state index contributed by atoms with van der Waals surface area (Å²) in [6.45, 7) is 8.99. The molecule has 4 fully saturated rings. The number of sulfonamides is 1. The Morgan fingerprint density at radius 3 is 2.39 bits per heavy atom. The van der Waals surface area contributed by atoms with Gasteiger partial charge in [0.2, 0.25) is 0 Å². The third-order valence-corrected chi connectivity index (χ3v) is 14.0. The summed E-state index contributed by atoms with van der Waals surface area (Å²) < 4.78 is 71.9. The quantitative estimate of drug-likeness (QED) is 0.302. The van der Waals surface area contributed by atoms with Crippen molar-refractivity contribution in [3.8, 4) is 0 Å². The molecule has 0 saturated heterocycles. The molecule has 4 saturated carbocycles. The summed E-state index contributed by atoms with van der Waals surface area (Å²) in [4.78, 5) is 11.3. The SMILES string of the molecule is CC[C@H]1[C@@H](O)[C@@H]2[C@@H]3CC[C@H]([C@H](C)CCOC(=O)NS(=O)(=O)c4ccccc4C(F)(F)F)C3(C)CC[C@@H]2C2(C)CC[C@@H](O)C[C@@H]12. The van der Waals surface area contributed by atoms with Crippen molar-refractivity contribution in [2.24, 2.45) is 52.3 Å². The Bertz CT molecular complexity index is 1320. The van der Waals surface area contributed by atoms with E-state index in [1.54, 1.807) is 4.72 Å². The van der Waals surface area contributed by atoms with E-state index in [1.807, 2.05) is 0 Å². The highest BCUT2D eigenvalue weighted by atomic mass is 32.2. The predicted octanol–water partition coefficient (Wildman–Crippen LogP) is 6.77. The van der Waals surface area contributed by atoms with Crippen LogP contribution in [0.4, 0.5) is 18.0 Å². The van der Waals surface area contributed by atoms with Crippen molar-refractivity contribution in [2.75, 3.05) is 6.61 Å². The number of rotatable bonds is 7. The summed E-state index contributed by atoms with van der Waals surface area (Å²) in [6, 6.07) is 3.69. The van der Waals surface area contributed by atoms with Gasteiger partial charge >= 0.3 is 12.3 Å². The Labute approximate surface area is 259 Å². The summed E-state index contributed by atoms with van der Waals surface area (Å²) in [5.41, 5.74) is -1.21. The zero-order valence-electron chi connectivity index (χ0n) is 26.1. The fourth-order valence-electron chi connectivity index (χ4n) is 10.6. The van der Waals surface area contributed by atoms with Gasteiger partial charge in [0.05, 0.1) is 29.3 Å². The van der Waals surface area contributed by atoms with Gasteiger partial charge < -0.3 is 14.9 Å². The second-order valence-corrected chi connectivity index (χ2v) is 16.3. The lowest BCUT2D eigenvalue weighted by Crippen LogP contribution is -2.62. The summed E-state index contributed by atoms with van der Waals surface area (Å²) in [7, 11) is -4.79. The van der Waals surface area contributed by atoms with Crippen molar-refractivity contribution in [3.63, 3.8) is 0 Å². The number of amides is 1. The van der Waals surface area contributed by atoms with Gasteiger partial charge in [-0.25, -0.2) is 17.9 Å². The van der Waals surface area contributed by atoms with E-state index >= 15 is 0 Å². The minimum atomic E-state index is -4.90. The van der Waals surface area contributed by atoms with E-state index in [1.165, 1.54) is 0 Å². The zero-order valence-corrected chi connectivity index (χ0v) is 27.0. The third kappa shape index (κ3) is 5.78. The van der Waals surface area contributed by atoms with Crippen LogP contribution in [0.25, 0.3) is 0 Å². The molecule has 11 atom stereocenters. The summed E-state index contributed by atoms with van der Waals surface area (Å²) in [5, 5.41) is 22.4. The second-order valence-electron chi connectivity index (χ2n) is 14.6. The Hall–Kier alpha value is -1.85. The van der Waals surface area contributed by atoms with Gasteiger partial charge in [0, 0.05) is 0 Å². The molecular formula is C33H48F3NO6S. The number of fused-ring (bicyclic) bond motifs is 5. The van der Waals surface area contributed by atoms with Crippen LogP contribution in [0.15, 0.2) is 29.2 Å². The van der Waals surface area contributed by atoms with E-state index in [0.29, 0.717) is 36.2 Å². The van der Waals surface area contributed by atoms with Gasteiger partial charge in [-0.2, -0.15) is 13.2 Å². The number of nitrogens with one attached hydrogen (secondary N) is 1. The first-order valence-corrected chi connectivity index (χ1v) is 17.7. The molecule has 4 aliphatic carbocycles. The van der Waals surface area contributed by atoms with Crippen LogP contribution in [0, 0.1) is 52.3 Å². The fourth-order valence-corrected chi connectivity index (χ4v) is 11.7. The molecule has 5 rings (SSSR count). The van der Waals surface area contributed by atoms with Crippen LogP contribution in [-0.2, 0) is 20.9 Å². The molecule has 3 N–H and O–H groups in total. The molecule has 0 aliphatic heterocycles. The number of benzene rings is 1. The van der Waals surface area contributed by atoms with Crippen LogP contribution in [-0.4, -0.2) is 43.5 Å². The van der Waals surface area contributed by atoms with Gasteiger partial charge in [-0.3, -0.25) is 0 Å². The number of halogens is 3. The molecule has 0 bridgehead atoms. The Balaban J connectivity index is 1.22. The lowest BCUT2D eigenvalue weighted by atomic mass is 9.41. The number of aliphatic hydroxyl groups excluding tert-OH is 2. The molecule has 44 heavy (non-hydrogen) atoms. The number of hydrogen-bond donors (Lipinski definition) is 3. The number of carbonyl (C=O) groups excluding carboxylic acids is 1. The largest absolute Gasteiger partial charge is 0.449 e. The van der Waals surface area contributed by atoms with E-state index in [0.717, 1.165) is 69.6 Å². The first-order chi connectivity index (χ1) is 20.5. The Morgan fingerprint density at radius 1 is 1.05 bits per heavy atom. The zero-order chi connectivity index (χ0) is 32.2. The van der Waals surface area contributed by atoms with Crippen molar-refractivity contribution in [1.29, 1.82) is 0 Å². The fraction of sp³-hybridized carbons (Fsp3) is 0.788. The van der Waals surface area contributed by atoms with E-state index in [2.05, 4.69) is 27.7 Å². The summed E-state index contributed by atoms with van der Waals surface area (Å²) in [6.07, 6.45) is 1.27. The van der Waals surface area contributed by atoms with Gasteiger partial charge in [0.25, 0.3) is 10.0 Å². The maximum Gasteiger partial charge on any atom is 0.421 e. The van der Waals surface area contributed by atoms with Crippen molar-refractivity contribution in [1.82, 2.24) is 4.72 Å². The van der Waals surface area contributed by atoms with Gasteiger partial charge in [-0.05, 0) is 116 Å². The second kappa shape index (κ2) is 12.1. The Kier molecular flexibility index (Phi) is 9.19. The van der Waals surface area contributed by atoms with Gasteiger partial charge in [0.15, 0.2) is 0 Å². The predicted molar refractivity (Wildman–Crippen MR) is 159 cm³/mol. The van der Waals surface area contributed by atoms with Crippen LogP contribution < -0.4 is 4.72 Å². The molecular weight excluding hydrogens is 595 g/mol. The van der Waals surface area contributed by atoms with Crippen molar-refractivity contribution < 1.29 is 41.3 Å². The Morgan fingerprint density at radius 2 is 1.70 bits per heavy atom. The average Bonchev–Trinajstić information content (AvgIpc) is 3.30. The molecule has 0 radical (unpaired) electrons. The highest BCUT2D eigenvalue weighted by Crippen LogP contribution is 2.69. The monoisotopic (exact) mass is 643 g/mol. The highest BCUT2D eigenvalue weighted by Gasteiger charge is 2.64. The van der Waals surface area contributed by atoms with E-state index < -0.39 is 32.8 Å². The normalized spacial score (nSPS) is 39.5. The molecule has 1 amide bonds. The maximum absolute atomic E-state index is 13.3. The average molecular weight is 644 g/mol. The number of hydrogen-bond acceptors (Lipinski definition) is 6. The molecule has 7 nitrogen and oxygen atoms in total. The highest BCUT2D eigenvalue weighted by molar-refractivity contribution is 7.90. The van der Waals surface area contributed by atoms with Crippen LogP contribution in [0.5, 0.6) is 0 Å². The smallest absolute Gasteiger partial charge is 0.421 e. The number of alkyl halides is 3. The molecule has 2 unspecified atom stereocenters. The van der Waals surface area contributed by atoms with Gasteiger partial charge in [-0.15, -0.1) is 0 Å². The van der Waals surface area contributed by atoms with Crippen LogP contribution in [0.2, 0.25) is 0 Å². The standard InChI is InChI=1S/C33H48F3NO6S/c1-5-21-26-18-20(38)12-15-32(26,4)25-13-16-31(3)22(10-11-24(31)28(25)29(21)39)19(2)14-17-43-30(40)37-44(41,42)27-9-7-6-8-23(27)33(34,35)36/h6-9,19-22,24-26,28-29,38-39H,5,10-18H2,1-4H3,(H,37,40)/t19-,20-,21-,22-,24+,25+,26+,28-,29-,31?,32?/m1/s1. The van der Waals surface area contributed by atoms with Crippen molar-refractivity contribution in [3.05, 3.63) is 29.8 Å². The molecule has 1 aromatic carbocycles. The number of aliphatic hydroxyl groups is 2. The maximum atomic E-state index is 13.3. The molecule has 248 valence electrons. The lowest BCUT2D eigenvalue weighted by molar-refractivity contribution is -0.203. The third-order valence-electron chi connectivity index (χ3n) is 12.7. The summed E-state index contributed by atoms with van der Waals surface area (Å²) >= 11 is 0. The van der Waals surface area contributed by atoms with Crippen LogP contribution in [0.1, 0.15) is 91.0 Å². The van der Waals surface area contributed by atoms with Gasteiger partial charge in [0.1, 0.15) is 0 Å². The minimum Gasteiger partial charge on any atom is -0.449 e. The van der Waals surface area contributed by atoms with E-state index in [-0.39, 0.29) is 47.4 Å². The topological polar surface area (TPSA) is 113 Å². The number of ether oxygens (including phenoxy) is 1.